The van der Waals surface area contributed by atoms with Crippen molar-refractivity contribution in [2.45, 2.75) is 25.7 Å². The highest BCUT2D eigenvalue weighted by atomic mass is 16.5. The molecule has 0 saturated carbocycles. The van der Waals surface area contributed by atoms with Crippen molar-refractivity contribution in [1.82, 2.24) is 0 Å². The number of rotatable bonds is 8. The van der Waals surface area contributed by atoms with E-state index in [0.717, 1.165) is 0 Å². The Morgan fingerprint density at radius 1 is 0.923 bits per heavy atom. The highest BCUT2D eigenvalue weighted by Crippen LogP contribution is 2.12. The van der Waals surface area contributed by atoms with Crippen molar-refractivity contribution in [3.05, 3.63) is 24.7 Å². The molecule has 3 heteroatoms. The molecule has 0 aromatic rings. The number of aliphatic hydroxyl groups is 2. The standard InChI is InChI=1S/C10H18O3/c1-9(5-3-7-11)13-10(2)6-4-8-12/h11-12H,1-8H2. The molecule has 0 aliphatic carbocycles. The van der Waals surface area contributed by atoms with Crippen molar-refractivity contribution < 1.29 is 14.9 Å². The average Bonchev–Trinajstić information content (AvgIpc) is 2.11. The first kappa shape index (κ1) is 12.2. The minimum Gasteiger partial charge on any atom is -0.467 e. The van der Waals surface area contributed by atoms with Gasteiger partial charge in [-0.05, 0) is 12.8 Å². The number of hydrogen-bond acceptors (Lipinski definition) is 3. The fourth-order valence-electron chi connectivity index (χ4n) is 0.859. The van der Waals surface area contributed by atoms with Gasteiger partial charge in [0.25, 0.3) is 0 Å². The number of hydrogen-bond donors (Lipinski definition) is 2. The number of aliphatic hydroxyl groups excluding tert-OH is 2. The van der Waals surface area contributed by atoms with E-state index in [1.807, 2.05) is 0 Å². The molecule has 0 fully saturated rings. The van der Waals surface area contributed by atoms with E-state index in [0.29, 0.717) is 37.2 Å². The molecule has 76 valence electrons. The van der Waals surface area contributed by atoms with E-state index < -0.39 is 0 Å². The summed E-state index contributed by atoms with van der Waals surface area (Å²) in [4.78, 5) is 0. The maximum Gasteiger partial charge on any atom is 0.0965 e. The molecule has 0 amide bonds. The van der Waals surface area contributed by atoms with Gasteiger partial charge >= 0.3 is 0 Å². The summed E-state index contributed by atoms with van der Waals surface area (Å²) in [5.41, 5.74) is 0. The zero-order chi connectivity index (χ0) is 10.1. The second-order valence-corrected chi connectivity index (χ2v) is 2.83. The quantitative estimate of drug-likeness (QED) is 0.566. The second-order valence-electron chi connectivity index (χ2n) is 2.83. The lowest BCUT2D eigenvalue weighted by atomic mass is 10.2. The highest BCUT2D eigenvalue weighted by molar-refractivity contribution is 4.93. The third kappa shape index (κ3) is 7.56. The molecule has 2 N–H and O–H groups in total. The van der Waals surface area contributed by atoms with Gasteiger partial charge in [0, 0.05) is 26.1 Å². The van der Waals surface area contributed by atoms with Gasteiger partial charge in [-0.25, -0.2) is 0 Å². The van der Waals surface area contributed by atoms with Crippen LogP contribution in [0.1, 0.15) is 25.7 Å². The van der Waals surface area contributed by atoms with Crippen LogP contribution < -0.4 is 0 Å². The Bertz CT molecular complexity index is 146. The van der Waals surface area contributed by atoms with Crippen LogP contribution in [-0.4, -0.2) is 23.4 Å². The van der Waals surface area contributed by atoms with Crippen LogP contribution in [0.2, 0.25) is 0 Å². The summed E-state index contributed by atoms with van der Waals surface area (Å²) in [6.07, 6.45) is 2.61. The first-order valence-corrected chi connectivity index (χ1v) is 4.45. The van der Waals surface area contributed by atoms with Crippen LogP contribution in [0.15, 0.2) is 24.7 Å². The molecule has 0 unspecified atom stereocenters. The van der Waals surface area contributed by atoms with Gasteiger partial charge in [0.1, 0.15) is 0 Å². The Balaban J connectivity index is 3.47. The average molecular weight is 186 g/mol. The molecule has 0 heterocycles. The van der Waals surface area contributed by atoms with Crippen LogP contribution in [0.3, 0.4) is 0 Å². The van der Waals surface area contributed by atoms with Gasteiger partial charge in [0.05, 0.1) is 11.5 Å². The van der Waals surface area contributed by atoms with Gasteiger partial charge in [-0.2, -0.15) is 0 Å². The summed E-state index contributed by atoms with van der Waals surface area (Å²) in [6.45, 7) is 7.66. The lowest BCUT2D eigenvalue weighted by Crippen LogP contribution is -1.94. The molecule has 0 atom stereocenters. The van der Waals surface area contributed by atoms with E-state index in [1.165, 1.54) is 0 Å². The zero-order valence-electron chi connectivity index (χ0n) is 7.96. The molecular formula is C10H18O3. The normalized spacial score (nSPS) is 9.69. The van der Waals surface area contributed by atoms with Crippen LogP contribution in [0, 0.1) is 0 Å². The Kier molecular flexibility index (Phi) is 7.35. The minimum atomic E-state index is 0.144. The molecule has 0 spiro atoms. The van der Waals surface area contributed by atoms with Gasteiger partial charge in [0.2, 0.25) is 0 Å². The monoisotopic (exact) mass is 186 g/mol. The molecule has 0 aliphatic heterocycles. The largest absolute Gasteiger partial charge is 0.467 e. The van der Waals surface area contributed by atoms with E-state index in [-0.39, 0.29) is 13.2 Å². The molecule has 0 aromatic heterocycles. The van der Waals surface area contributed by atoms with Crippen molar-refractivity contribution >= 4 is 0 Å². The predicted molar refractivity (Wildman–Crippen MR) is 52.0 cm³/mol. The fraction of sp³-hybridized carbons (Fsp3) is 0.600. The maximum atomic E-state index is 8.54. The Hall–Kier alpha value is -0.800. The number of allylic oxidation sites excluding steroid dienone is 2. The molecular weight excluding hydrogens is 168 g/mol. The van der Waals surface area contributed by atoms with Gasteiger partial charge in [-0.1, -0.05) is 13.2 Å². The van der Waals surface area contributed by atoms with Crippen LogP contribution in [-0.2, 0) is 4.74 Å². The lowest BCUT2D eigenvalue weighted by molar-refractivity contribution is 0.237. The van der Waals surface area contributed by atoms with Gasteiger partial charge in [-0.3, -0.25) is 0 Å². The first-order chi connectivity index (χ1) is 6.20. The molecule has 0 bridgehead atoms. The second kappa shape index (κ2) is 7.83. The fourth-order valence-corrected chi connectivity index (χ4v) is 0.859. The Morgan fingerprint density at radius 3 is 1.62 bits per heavy atom. The minimum absolute atomic E-state index is 0.144. The van der Waals surface area contributed by atoms with Crippen molar-refractivity contribution in [2.75, 3.05) is 13.2 Å². The van der Waals surface area contributed by atoms with Crippen LogP contribution in [0.5, 0.6) is 0 Å². The maximum absolute atomic E-state index is 8.54. The molecule has 3 nitrogen and oxygen atoms in total. The molecule has 13 heavy (non-hydrogen) atoms. The van der Waals surface area contributed by atoms with E-state index in [1.54, 1.807) is 0 Å². The Morgan fingerprint density at radius 2 is 1.31 bits per heavy atom. The summed E-state index contributed by atoms with van der Waals surface area (Å²) in [6, 6.07) is 0. The molecule has 0 rings (SSSR count). The molecule has 0 saturated heterocycles. The van der Waals surface area contributed by atoms with E-state index in [4.69, 9.17) is 14.9 Å². The third-order valence-corrected chi connectivity index (χ3v) is 1.52. The summed E-state index contributed by atoms with van der Waals surface area (Å²) >= 11 is 0. The first-order valence-electron chi connectivity index (χ1n) is 4.45. The van der Waals surface area contributed by atoms with Crippen molar-refractivity contribution in [3.8, 4) is 0 Å². The predicted octanol–water partition coefficient (Wildman–Crippen LogP) is 1.58. The smallest absolute Gasteiger partial charge is 0.0965 e. The van der Waals surface area contributed by atoms with Crippen LogP contribution >= 0.6 is 0 Å². The van der Waals surface area contributed by atoms with Crippen LogP contribution in [0.4, 0.5) is 0 Å². The number of ether oxygens (including phenoxy) is 1. The van der Waals surface area contributed by atoms with Crippen molar-refractivity contribution in [3.63, 3.8) is 0 Å². The third-order valence-electron chi connectivity index (χ3n) is 1.52. The van der Waals surface area contributed by atoms with Gasteiger partial charge in [0.15, 0.2) is 0 Å². The zero-order valence-corrected chi connectivity index (χ0v) is 7.96. The lowest BCUT2D eigenvalue weighted by Gasteiger charge is -2.09. The van der Waals surface area contributed by atoms with Crippen LogP contribution in [0.25, 0.3) is 0 Å². The molecule has 0 aliphatic rings. The SMILES string of the molecule is C=C(CCCO)OC(=C)CCCO. The van der Waals surface area contributed by atoms with Crippen molar-refractivity contribution in [2.24, 2.45) is 0 Å². The van der Waals surface area contributed by atoms with Crippen molar-refractivity contribution in [1.29, 1.82) is 0 Å². The summed E-state index contributed by atoms with van der Waals surface area (Å²) < 4.78 is 5.24. The topological polar surface area (TPSA) is 49.7 Å². The van der Waals surface area contributed by atoms with Gasteiger partial charge in [-0.15, -0.1) is 0 Å². The van der Waals surface area contributed by atoms with E-state index in [2.05, 4.69) is 13.2 Å². The summed E-state index contributed by atoms with van der Waals surface area (Å²) in [7, 11) is 0. The summed E-state index contributed by atoms with van der Waals surface area (Å²) in [5.74, 6) is 1.24. The van der Waals surface area contributed by atoms with E-state index >= 15 is 0 Å². The highest BCUT2D eigenvalue weighted by Gasteiger charge is 1.98. The Labute approximate surface area is 79.3 Å². The van der Waals surface area contributed by atoms with E-state index in [9.17, 15) is 0 Å². The molecule has 0 aromatic carbocycles. The molecule has 0 radical (unpaired) electrons. The summed E-state index contributed by atoms with van der Waals surface area (Å²) in [5, 5.41) is 17.1. The van der Waals surface area contributed by atoms with Gasteiger partial charge < -0.3 is 14.9 Å².